The van der Waals surface area contributed by atoms with Crippen molar-refractivity contribution < 1.29 is 14.6 Å². The zero-order valence-electron chi connectivity index (χ0n) is 16.9. The molecule has 0 saturated heterocycles. The molecular formula is C25H24N2O3. The van der Waals surface area contributed by atoms with Crippen molar-refractivity contribution in [2.24, 2.45) is 0 Å². The van der Waals surface area contributed by atoms with Gasteiger partial charge in [-0.25, -0.2) is 0 Å². The summed E-state index contributed by atoms with van der Waals surface area (Å²) in [4.78, 5) is 6.89. The Morgan fingerprint density at radius 3 is 3.07 bits per heavy atom. The lowest BCUT2D eigenvalue weighted by atomic mass is 9.69. The number of hydrogen-bond acceptors (Lipinski definition) is 5. The van der Waals surface area contributed by atoms with Gasteiger partial charge >= 0.3 is 0 Å². The molecule has 2 aromatic carbocycles. The molecule has 1 aromatic heterocycles. The van der Waals surface area contributed by atoms with Crippen molar-refractivity contribution in [2.75, 3.05) is 18.6 Å². The third kappa shape index (κ3) is 2.48. The number of rotatable bonds is 2. The molecule has 0 amide bonds. The molecule has 0 bridgehead atoms. The van der Waals surface area contributed by atoms with Gasteiger partial charge in [0, 0.05) is 42.3 Å². The predicted octanol–water partition coefficient (Wildman–Crippen LogP) is 3.97. The maximum atomic E-state index is 10.2. The first-order chi connectivity index (χ1) is 14.7. The van der Waals surface area contributed by atoms with Crippen LogP contribution >= 0.6 is 0 Å². The summed E-state index contributed by atoms with van der Waals surface area (Å²) >= 11 is 0. The monoisotopic (exact) mass is 400 g/mol. The van der Waals surface area contributed by atoms with E-state index < -0.39 is 6.10 Å². The van der Waals surface area contributed by atoms with Crippen LogP contribution in [0, 0.1) is 0 Å². The van der Waals surface area contributed by atoms with Gasteiger partial charge in [-0.3, -0.25) is 4.98 Å². The highest BCUT2D eigenvalue weighted by molar-refractivity contribution is 5.82. The maximum Gasteiger partial charge on any atom is 0.166 e. The maximum absolute atomic E-state index is 10.2. The molecule has 2 aliphatic heterocycles. The van der Waals surface area contributed by atoms with E-state index in [9.17, 15) is 5.11 Å². The van der Waals surface area contributed by atoms with E-state index in [0.29, 0.717) is 6.42 Å². The molecule has 30 heavy (non-hydrogen) atoms. The minimum atomic E-state index is -0.461. The number of aliphatic hydroxyl groups excluding tert-OH is 1. The summed E-state index contributed by atoms with van der Waals surface area (Å²) in [6, 6.07) is 14.8. The lowest BCUT2D eigenvalue weighted by Gasteiger charge is -2.36. The summed E-state index contributed by atoms with van der Waals surface area (Å²) in [5, 5.41) is 11.4. The number of aromatic nitrogens is 1. The highest BCUT2D eigenvalue weighted by Gasteiger charge is 2.52. The molecule has 152 valence electrons. The molecule has 1 N–H and O–H groups in total. The SMILES string of the molecule is COc1ccc2c3c1O[C@H]1C[C@@H](O)C=C[C@@]31CCN(c1ccc3ncccc3c1)C2. The fourth-order valence-electron chi connectivity index (χ4n) is 5.42. The van der Waals surface area contributed by atoms with E-state index in [1.807, 2.05) is 24.4 Å². The van der Waals surface area contributed by atoms with Crippen LogP contribution in [0.1, 0.15) is 24.0 Å². The number of benzene rings is 2. The predicted molar refractivity (Wildman–Crippen MR) is 116 cm³/mol. The Morgan fingerprint density at radius 2 is 2.17 bits per heavy atom. The zero-order valence-corrected chi connectivity index (χ0v) is 16.9. The number of nitrogens with zero attached hydrogens (tertiary/aromatic N) is 2. The molecule has 5 nitrogen and oxygen atoms in total. The highest BCUT2D eigenvalue weighted by atomic mass is 16.5. The first kappa shape index (κ1) is 17.8. The Hall–Kier alpha value is -3.05. The summed E-state index contributed by atoms with van der Waals surface area (Å²) in [7, 11) is 1.69. The van der Waals surface area contributed by atoms with Crippen molar-refractivity contribution in [1.82, 2.24) is 4.98 Å². The molecule has 5 heteroatoms. The van der Waals surface area contributed by atoms with Crippen molar-refractivity contribution >= 4 is 16.6 Å². The second-order valence-corrected chi connectivity index (χ2v) is 8.49. The van der Waals surface area contributed by atoms with E-state index in [2.05, 4.69) is 46.3 Å². The molecule has 0 saturated carbocycles. The van der Waals surface area contributed by atoms with Crippen LogP contribution in [0.4, 0.5) is 5.69 Å². The van der Waals surface area contributed by atoms with E-state index >= 15 is 0 Å². The van der Waals surface area contributed by atoms with Crippen LogP contribution < -0.4 is 14.4 Å². The van der Waals surface area contributed by atoms with Crippen LogP contribution in [-0.2, 0) is 12.0 Å². The van der Waals surface area contributed by atoms with E-state index in [4.69, 9.17) is 9.47 Å². The van der Waals surface area contributed by atoms with Crippen LogP contribution in [0.3, 0.4) is 0 Å². The Bertz CT molecular complexity index is 1170. The third-order valence-corrected chi connectivity index (χ3v) is 6.91. The minimum absolute atomic E-state index is 0.0664. The average molecular weight is 400 g/mol. The molecule has 6 rings (SSSR count). The molecule has 1 spiro atoms. The Kier molecular flexibility index (Phi) is 3.84. The van der Waals surface area contributed by atoms with Crippen molar-refractivity contribution in [2.45, 2.75) is 37.0 Å². The van der Waals surface area contributed by atoms with Gasteiger partial charge in [0.1, 0.15) is 6.10 Å². The number of fused-ring (bicyclic) bond motifs is 1. The van der Waals surface area contributed by atoms with Crippen molar-refractivity contribution in [3.63, 3.8) is 0 Å². The van der Waals surface area contributed by atoms with Gasteiger partial charge < -0.3 is 19.5 Å². The van der Waals surface area contributed by atoms with Gasteiger partial charge in [0.2, 0.25) is 0 Å². The molecule has 0 fully saturated rings. The number of methoxy groups -OCH3 is 1. The molecule has 3 atom stereocenters. The standard InChI is InChI=1S/C25H24N2O3/c1-29-21-7-4-17-15-27(18-5-6-20-16(13-18)3-2-11-26-20)12-10-25-9-8-19(28)14-22(25)30-24(21)23(17)25/h2-9,11,13,19,22,28H,10,12,14-15H2,1H3/t19-,22-,25-/m0/s1. The average Bonchev–Trinajstić information content (AvgIpc) is 3.01. The molecule has 1 aliphatic carbocycles. The summed E-state index contributed by atoms with van der Waals surface area (Å²) in [5.74, 6) is 1.62. The van der Waals surface area contributed by atoms with Gasteiger partial charge in [0.15, 0.2) is 11.5 Å². The Balaban J connectivity index is 1.48. The molecule has 3 heterocycles. The molecule has 3 aliphatic rings. The zero-order chi connectivity index (χ0) is 20.3. The van der Waals surface area contributed by atoms with Crippen molar-refractivity contribution in [1.29, 1.82) is 0 Å². The van der Waals surface area contributed by atoms with Crippen LogP contribution in [0.15, 0.2) is 60.8 Å². The van der Waals surface area contributed by atoms with Crippen LogP contribution in [-0.4, -0.2) is 36.0 Å². The van der Waals surface area contributed by atoms with Crippen LogP contribution in [0.25, 0.3) is 10.9 Å². The summed E-state index contributed by atoms with van der Waals surface area (Å²) in [5.41, 5.74) is 4.50. The number of aliphatic hydroxyl groups is 1. The summed E-state index contributed by atoms with van der Waals surface area (Å²) in [6.45, 7) is 1.72. The number of ether oxygens (including phenoxy) is 2. The quantitative estimate of drug-likeness (QED) is 0.660. The van der Waals surface area contributed by atoms with E-state index in [1.165, 1.54) is 16.8 Å². The van der Waals surface area contributed by atoms with E-state index in [1.54, 1.807) is 7.11 Å². The van der Waals surface area contributed by atoms with Gasteiger partial charge in [-0.15, -0.1) is 0 Å². The molecule has 0 radical (unpaired) electrons. The van der Waals surface area contributed by atoms with Crippen LogP contribution in [0.2, 0.25) is 0 Å². The largest absolute Gasteiger partial charge is 0.493 e. The third-order valence-electron chi connectivity index (χ3n) is 6.91. The lowest BCUT2D eigenvalue weighted by molar-refractivity contribution is 0.0856. The van der Waals surface area contributed by atoms with Gasteiger partial charge in [0.05, 0.1) is 24.1 Å². The number of hydrogen-bond donors (Lipinski definition) is 1. The Labute approximate surface area is 175 Å². The molecule has 0 unspecified atom stereocenters. The minimum Gasteiger partial charge on any atom is -0.493 e. The second-order valence-electron chi connectivity index (χ2n) is 8.49. The molecular weight excluding hydrogens is 376 g/mol. The van der Waals surface area contributed by atoms with E-state index in [-0.39, 0.29) is 11.5 Å². The first-order valence-electron chi connectivity index (χ1n) is 10.5. The number of anilines is 1. The van der Waals surface area contributed by atoms with Crippen LogP contribution in [0.5, 0.6) is 11.5 Å². The van der Waals surface area contributed by atoms with E-state index in [0.717, 1.165) is 41.9 Å². The van der Waals surface area contributed by atoms with Crippen molar-refractivity contribution in [3.8, 4) is 11.5 Å². The second kappa shape index (κ2) is 6.47. The van der Waals surface area contributed by atoms with Gasteiger partial charge in [0.25, 0.3) is 0 Å². The van der Waals surface area contributed by atoms with Gasteiger partial charge in [-0.05, 0) is 42.3 Å². The molecule has 3 aromatic rings. The van der Waals surface area contributed by atoms with Crippen molar-refractivity contribution in [3.05, 3.63) is 71.9 Å². The summed E-state index contributed by atoms with van der Waals surface area (Å²) < 4.78 is 12.0. The Morgan fingerprint density at radius 1 is 1.23 bits per heavy atom. The topological polar surface area (TPSA) is 54.8 Å². The highest BCUT2D eigenvalue weighted by Crippen LogP contribution is 2.56. The number of pyridine rings is 1. The normalized spacial score (nSPS) is 26.7. The van der Waals surface area contributed by atoms with Gasteiger partial charge in [-0.2, -0.15) is 0 Å². The first-order valence-corrected chi connectivity index (χ1v) is 10.5. The van der Waals surface area contributed by atoms with Gasteiger partial charge in [-0.1, -0.05) is 24.3 Å². The fraction of sp³-hybridized carbons (Fsp3) is 0.320. The fourth-order valence-corrected chi connectivity index (χ4v) is 5.42. The summed E-state index contributed by atoms with van der Waals surface area (Å²) in [6.07, 6.45) is 6.97. The lowest BCUT2D eigenvalue weighted by Crippen LogP contribution is -2.43. The smallest absolute Gasteiger partial charge is 0.166 e.